The maximum absolute atomic E-state index is 12.4. The quantitative estimate of drug-likeness (QED) is 0.799. The van der Waals surface area contributed by atoms with Crippen molar-refractivity contribution in [2.75, 3.05) is 10.6 Å². The first-order valence-electron chi connectivity index (χ1n) is 8.65. The summed E-state index contributed by atoms with van der Waals surface area (Å²) in [6, 6.07) is 16.3. The Morgan fingerprint density at radius 1 is 0.920 bits per heavy atom. The van der Waals surface area contributed by atoms with Gasteiger partial charge in [0.2, 0.25) is 5.91 Å². The number of benzene rings is 2. The standard InChI is InChI=1S/C20H23N3O2/c21-16-9-4-8-15(12-16)20(25)23-18-11-5-10-17(13-18)22-19(24)14-6-2-1-3-7-14/h1-3,5-7,10-11,13,15-16H,4,8-9,12,21H2,(H,22,24)(H,23,25). The van der Waals surface area contributed by atoms with Gasteiger partial charge in [-0.2, -0.15) is 0 Å². The van der Waals surface area contributed by atoms with Gasteiger partial charge in [-0.1, -0.05) is 30.7 Å². The maximum Gasteiger partial charge on any atom is 0.255 e. The van der Waals surface area contributed by atoms with Crippen molar-refractivity contribution in [2.45, 2.75) is 31.7 Å². The van der Waals surface area contributed by atoms with Crippen molar-refractivity contribution < 1.29 is 9.59 Å². The van der Waals surface area contributed by atoms with Gasteiger partial charge >= 0.3 is 0 Å². The van der Waals surface area contributed by atoms with Gasteiger partial charge in [0.1, 0.15) is 0 Å². The number of amides is 2. The van der Waals surface area contributed by atoms with Gasteiger partial charge in [-0.15, -0.1) is 0 Å². The summed E-state index contributed by atoms with van der Waals surface area (Å²) in [5.41, 5.74) is 7.88. The van der Waals surface area contributed by atoms with E-state index in [0.29, 0.717) is 16.9 Å². The first kappa shape index (κ1) is 17.2. The summed E-state index contributed by atoms with van der Waals surface area (Å²) in [6.07, 6.45) is 3.59. The Labute approximate surface area is 147 Å². The molecular formula is C20H23N3O2. The van der Waals surface area contributed by atoms with Crippen molar-refractivity contribution in [3.8, 4) is 0 Å². The first-order chi connectivity index (χ1) is 12.1. The molecule has 0 heterocycles. The minimum absolute atomic E-state index is 0.00156. The van der Waals surface area contributed by atoms with Crippen molar-refractivity contribution >= 4 is 23.2 Å². The van der Waals surface area contributed by atoms with Crippen molar-refractivity contribution in [3.63, 3.8) is 0 Å². The number of carbonyl (C=O) groups is 2. The van der Waals surface area contributed by atoms with Crippen LogP contribution in [-0.2, 0) is 4.79 Å². The largest absolute Gasteiger partial charge is 0.328 e. The Kier molecular flexibility index (Phi) is 5.46. The zero-order chi connectivity index (χ0) is 17.6. The third kappa shape index (κ3) is 4.67. The van der Waals surface area contributed by atoms with Crippen LogP contribution in [0.1, 0.15) is 36.0 Å². The molecule has 3 rings (SSSR count). The highest BCUT2D eigenvalue weighted by molar-refractivity contribution is 6.04. The molecule has 0 aliphatic heterocycles. The van der Waals surface area contributed by atoms with Gasteiger partial charge in [0.25, 0.3) is 5.91 Å². The Hall–Kier alpha value is -2.66. The molecule has 0 saturated heterocycles. The topological polar surface area (TPSA) is 84.2 Å². The van der Waals surface area contributed by atoms with Crippen LogP contribution in [0.3, 0.4) is 0 Å². The third-order valence-electron chi connectivity index (χ3n) is 4.51. The molecule has 0 aromatic heterocycles. The lowest BCUT2D eigenvalue weighted by molar-refractivity contribution is -0.120. The Balaban J connectivity index is 1.63. The molecule has 0 radical (unpaired) electrons. The van der Waals surface area contributed by atoms with Gasteiger partial charge in [-0.3, -0.25) is 9.59 Å². The fourth-order valence-corrected chi connectivity index (χ4v) is 3.18. The average Bonchev–Trinajstić information content (AvgIpc) is 2.63. The molecule has 5 nitrogen and oxygen atoms in total. The fraction of sp³-hybridized carbons (Fsp3) is 0.300. The zero-order valence-corrected chi connectivity index (χ0v) is 14.1. The summed E-state index contributed by atoms with van der Waals surface area (Å²) in [7, 11) is 0. The Morgan fingerprint density at radius 2 is 1.64 bits per heavy atom. The van der Waals surface area contributed by atoms with E-state index in [-0.39, 0.29) is 23.8 Å². The highest BCUT2D eigenvalue weighted by atomic mass is 16.2. The van der Waals surface area contributed by atoms with Gasteiger partial charge in [-0.25, -0.2) is 0 Å². The molecule has 2 aromatic rings. The predicted molar refractivity (Wildman–Crippen MR) is 99.4 cm³/mol. The molecule has 130 valence electrons. The minimum Gasteiger partial charge on any atom is -0.328 e. The molecule has 4 N–H and O–H groups in total. The van der Waals surface area contributed by atoms with Gasteiger partial charge in [0.05, 0.1) is 0 Å². The van der Waals surface area contributed by atoms with E-state index < -0.39 is 0 Å². The second-order valence-electron chi connectivity index (χ2n) is 6.51. The van der Waals surface area contributed by atoms with E-state index in [9.17, 15) is 9.59 Å². The summed E-state index contributed by atoms with van der Waals surface area (Å²) in [5.74, 6) is -0.213. The molecule has 2 atom stereocenters. The Bertz CT molecular complexity index is 746. The molecule has 1 saturated carbocycles. The maximum atomic E-state index is 12.4. The monoisotopic (exact) mass is 337 g/mol. The summed E-state index contributed by atoms with van der Waals surface area (Å²) < 4.78 is 0. The molecule has 0 spiro atoms. The molecule has 1 aliphatic carbocycles. The van der Waals surface area contributed by atoms with Gasteiger partial charge in [0.15, 0.2) is 0 Å². The highest BCUT2D eigenvalue weighted by Gasteiger charge is 2.25. The van der Waals surface area contributed by atoms with E-state index in [4.69, 9.17) is 5.73 Å². The number of anilines is 2. The molecule has 2 unspecified atom stereocenters. The fourth-order valence-electron chi connectivity index (χ4n) is 3.18. The van der Waals surface area contributed by atoms with E-state index >= 15 is 0 Å². The van der Waals surface area contributed by atoms with Crippen molar-refractivity contribution in [1.29, 1.82) is 0 Å². The lowest BCUT2D eigenvalue weighted by Crippen LogP contribution is -2.34. The normalized spacial score (nSPS) is 19.9. The number of carbonyl (C=O) groups excluding carboxylic acids is 2. The summed E-state index contributed by atoms with van der Waals surface area (Å²) in [5, 5.41) is 5.79. The molecule has 1 fully saturated rings. The van der Waals surface area contributed by atoms with Crippen LogP contribution in [-0.4, -0.2) is 17.9 Å². The summed E-state index contributed by atoms with van der Waals surface area (Å²) in [4.78, 5) is 24.6. The zero-order valence-electron chi connectivity index (χ0n) is 14.1. The second kappa shape index (κ2) is 7.94. The average molecular weight is 337 g/mol. The number of nitrogens with two attached hydrogens (primary N) is 1. The van der Waals surface area contributed by atoms with E-state index in [1.165, 1.54) is 0 Å². The van der Waals surface area contributed by atoms with Crippen molar-refractivity contribution in [2.24, 2.45) is 11.7 Å². The predicted octanol–water partition coefficient (Wildman–Crippen LogP) is 3.39. The van der Waals surface area contributed by atoms with E-state index in [1.807, 2.05) is 30.3 Å². The van der Waals surface area contributed by atoms with Crippen LogP contribution >= 0.6 is 0 Å². The van der Waals surface area contributed by atoms with Crippen LogP contribution in [0.2, 0.25) is 0 Å². The molecule has 25 heavy (non-hydrogen) atoms. The van der Waals surface area contributed by atoms with Gasteiger partial charge in [-0.05, 0) is 49.6 Å². The summed E-state index contributed by atoms with van der Waals surface area (Å²) in [6.45, 7) is 0. The number of nitrogens with one attached hydrogen (secondary N) is 2. The van der Waals surface area contributed by atoms with Crippen molar-refractivity contribution in [1.82, 2.24) is 0 Å². The Morgan fingerprint density at radius 3 is 2.36 bits per heavy atom. The molecular weight excluding hydrogens is 314 g/mol. The van der Waals surface area contributed by atoms with E-state index in [0.717, 1.165) is 25.7 Å². The van der Waals surface area contributed by atoms with Crippen LogP contribution in [0.25, 0.3) is 0 Å². The smallest absolute Gasteiger partial charge is 0.255 e. The van der Waals surface area contributed by atoms with Crippen LogP contribution in [0.15, 0.2) is 54.6 Å². The highest BCUT2D eigenvalue weighted by Crippen LogP contribution is 2.25. The third-order valence-corrected chi connectivity index (χ3v) is 4.51. The number of hydrogen-bond donors (Lipinski definition) is 3. The van der Waals surface area contributed by atoms with Gasteiger partial charge in [0, 0.05) is 28.9 Å². The lowest BCUT2D eigenvalue weighted by Gasteiger charge is -2.25. The summed E-state index contributed by atoms with van der Waals surface area (Å²) >= 11 is 0. The molecule has 5 heteroatoms. The number of rotatable bonds is 4. The molecule has 1 aliphatic rings. The SMILES string of the molecule is NC1CCCC(C(=O)Nc2cccc(NC(=O)c3ccccc3)c2)C1. The second-order valence-corrected chi connectivity index (χ2v) is 6.51. The van der Waals surface area contributed by atoms with E-state index in [1.54, 1.807) is 24.3 Å². The lowest BCUT2D eigenvalue weighted by atomic mass is 9.85. The molecule has 2 aromatic carbocycles. The van der Waals surface area contributed by atoms with E-state index in [2.05, 4.69) is 10.6 Å². The number of hydrogen-bond acceptors (Lipinski definition) is 3. The molecule has 0 bridgehead atoms. The van der Waals surface area contributed by atoms with Crippen LogP contribution in [0, 0.1) is 5.92 Å². The first-order valence-corrected chi connectivity index (χ1v) is 8.65. The van der Waals surface area contributed by atoms with Crippen LogP contribution < -0.4 is 16.4 Å². The van der Waals surface area contributed by atoms with Crippen molar-refractivity contribution in [3.05, 3.63) is 60.2 Å². The van der Waals surface area contributed by atoms with Gasteiger partial charge < -0.3 is 16.4 Å². The van der Waals surface area contributed by atoms with Crippen LogP contribution in [0.5, 0.6) is 0 Å². The van der Waals surface area contributed by atoms with Crippen LogP contribution in [0.4, 0.5) is 11.4 Å². The molecule has 2 amide bonds. The minimum atomic E-state index is -0.178.